The Bertz CT molecular complexity index is 699. The first-order chi connectivity index (χ1) is 19.1. The molecule has 43 heavy (non-hydrogen) atoms. The molecule has 0 heterocycles. The van der Waals surface area contributed by atoms with Crippen LogP contribution in [-0.4, -0.2) is 17.0 Å². The van der Waals surface area contributed by atoms with Crippen molar-refractivity contribution in [1.82, 2.24) is 0 Å². The molecule has 0 aromatic heterocycles. The van der Waals surface area contributed by atoms with Gasteiger partial charge in [0.2, 0.25) is 0 Å². The molecule has 6 unspecified atom stereocenters. The van der Waals surface area contributed by atoms with Crippen LogP contribution in [0.4, 0.5) is 0 Å². The van der Waals surface area contributed by atoms with Gasteiger partial charge in [0.15, 0.2) is 0 Å². The van der Waals surface area contributed by atoms with Crippen LogP contribution in [0, 0.1) is 68.0 Å². The highest BCUT2D eigenvalue weighted by molar-refractivity contribution is 7.60. The van der Waals surface area contributed by atoms with E-state index in [2.05, 4.69) is 125 Å². The van der Waals surface area contributed by atoms with Crippen LogP contribution in [0.15, 0.2) is 0 Å². The van der Waals surface area contributed by atoms with Gasteiger partial charge in [-0.15, -0.1) is 0 Å². The van der Waals surface area contributed by atoms with E-state index in [9.17, 15) is 0 Å². The molecule has 3 aliphatic rings. The van der Waals surface area contributed by atoms with E-state index in [0.29, 0.717) is 32.5 Å². The minimum Gasteiger partial charge on any atom is -0.0971 e. The average Bonchev–Trinajstić information content (AvgIpc) is 2.80. The lowest BCUT2D eigenvalue weighted by Crippen LogP contribution is -2.45. The Kier molecular flexibility index (Phi) is 11.3. The Morgan fingerprint density at radius 3 is 0.512 bits per heavy atom. The third-order valence-electron chi connectivity index (χ3n) is 13.7. The fraction of sp³-hybridized carbons (Fsp3) is 1.00. The summed E-state index contributed by atoms with van der Waals surface area (Å²) >= 11 is 0. The molecule has 0 aromatic carbocycles. The standard InChI is InChI=1S/C42H81P/c1-37(2,3)28-19-29(38(4,5)6)23-34(22-28)43(35-24-30(39(7,8)9)20-31(25-35)40(10,11)12)36-26-32(41(13,14)15)21-33(27-36)42(16,17)18/h28-36H,19-27H2,1-18H3. The van der Waals surface area contributed by atoms with Crippen molar-refractivity contribution in [1.29, 1.82) is 0 Å². The summed E-state index contributed by atoms with van der Waals surface area (Å²) in [6.45, 7) is 46.2. The molecule has 3 fully saturated rings. The third-order valence-corrected chi connectivity index (χ3v) is 17.5. The van der Waals surface area contributed by atoms with Gasteiger partial charge in [-0.2, -0.15) is 0 Å². The summed E-state index contributed by atoms with van der Waals surface area (Å²) in [6.07, 6.45) is 13.4. The molecule has 0 saturated heterocycles. The van der Waals surface area contributed by atoms with Crippen molar-refractivity contribution in [2.75, 3.05) is 0 Å². The van der Waals surface area contributed by atoms with Gasteiger partial charge in [0.1, 0.15) is 0 Å². The lowest BCUT2D eigenvalue weighted by atomic mass is 9.62. The fourth-order valence-electron chi connectivity index (χ4n) is 9.73. The summed E-state index contributed by atoms with van der Waals surface area (Å²) < 4.78 is 0. The largest absolute Gasteiger partial charge is 0.0971 e. The predicted molar refractivity (Wildman–Crippen MR) is 198 cm³/mol. The van der Waals surface area contributed by atoms with E-state index < -0.39 is 0 Å². The molecule has 0 aromatic rings. The molecule has 0 radical (unpaired) electrons. The molecule has 0 aliphatic heterocycles. The minimum atomic E-state index is -0.0578. The van der Waals surface area contributed by atoms with Gasteiger partial charge in [-0.3, -0.25) is 0 Å². The summed E-state index contributed by atoms with van der Waals surface area (Å²) in [5.74, 6) is 5.17. The first-order valence-corrected chi connectivity index (χ1v) is 20.4. The fourth-order valence-corrected chi connectivity index (χ4v) is 14.5. The van der Waals surface area contributed by atoms with Crippen molar-refractivity contribution in [2.45, 2.75) is 199 Å². The SMILES string of the molecule is CC(C)(C)C1CC(P(C2CC(C(C)(C)C)CC(C(C)(C)C)C2)C2CC(C(C)(C)C)CC(C(C)(C)C)C2)CC(C(C)(C)C)C1. The second kappa shape index (κ2) is 12.8. The molecular formula is C42H81P. The Labute approximate surface area is 274 Å². The Morgan fingerprint density at radius 2 is 0.395 bits per heavy atom. The van der Waals surface area contributed by atoms with Gasteiger partial charge in [0, 0.05) is 0 Å². The summed E-state index contributed by atoms with van der Waals surface area (Å²) in [4.78, 5) is 0. The zero-order chi connectivity index (χ0) is 33.1. The summed E-state index contributed by atoms with van der Waals surface area (Å²) in [5, 5.41) is 0. The molecule has 0 nitrogen and oxygen atoms in total. The van der Waals surface area contributed by atoms with Crippen molar-refractivity contribution >= 4 is 7.92 Å². The zero-order valence-electron chi connectivity index (χ0n) is 33.0. The van der Waals surface area contributed by atoms with Crippen LogP contribution in [0.5, 0.6) is 0 Å². The molecule has 254 valence electrons. The zero-order valence-corrected chi connectivity index (χ0v) is 33.9. The van der Waals surface area contributed by atoms with Gasteiger partial charge >= 0.3 is 0 Å². The van der Waals surface area contributed by atoms with Crippen LogP contribution in [0.1, 0.15) is 182 Å². The van der Waals surface area contributed by atoms with Crippen LogP contribution < -0.4 is 0 Å². The van der Waals surface area contributed by atoms with Crippen molar-refractivity contribution in [3.8, 4) is 0 Å². The van der Waals surface area contributed by atoms with Crippen molar-refractivity contribution < 1.29 is 0 Å². The Balaban J connectivity index is 2.17. The number of hydrogen-bond acceptors (Lipinski definition) is 0. The normalized spacial score (nSPS) is 36.8. The lowest BCUT2D eigenvalue weighted by Gasteiger charge is -2.56. The van der Waals surface area contributed by atoms with Gasteiger partial charge < -0.3 is 0 Å². The van der Waals surface area contributed by atoms with Crippen LogP contribution in [0.3, 0.4) is 0 Å². The van der Waals surface area contributed by atoms with E-state index in [1.165, 1.54) is 57.8 Å². The van der Waals surface area contributed by atoms with Crippen molar-refractivity contribution in [3.05, 3.63) is 0 Å². The van der Waals surface area contributed by atoms with Crippen LogP contribution >= 0.6 is 7.92 Å². The van der Waals surface area contributed by atoms with E-state index in [1.807, 2.05) is 0 Å². The number of hydrogen-bond donors (Lipinski definition) is 0. The maximum absolute atomic E-state index is 2.57. The predicted octanol–water partition coefficient (Wildman–Crippen LogP) is 14.1. The lowest BCUT2D eigenvalue weighted by molar-refractivity contribution is 0.0729. The molecule has 0 amide bonds. The quantitative estimate of drug-likeness (QED) is 0.277. The third kappa shape index (κ3) is 9.73. The molecule has 3 saturated carbocycles. The van der Waals surface area contributed by atoms with E-state index in [1.54, 1.807) is 0 Å². The van der Waals surface area contributed by atoms with E-state index >= 15 is 0 Å². The van der Waals surface area contributed by atoms with E-state index in [-0.39, 0.29) is 7.92 Å². The van der Waals surface area contributed by atoms with Gasteiger partial charge in [0.05, 0.1) is 0 Å². The minimum absolute atomic E-state index is 0.0578. The first kappa shape index (κ1) is 37.9. The maximum atomic E-state index is 2.57. The van der Waals surface area contributed by atoms with Gasteiger partial charge in [0.25, 0.3) is 0 Å². The summed E-state index contributed by atoms with van der Waals surface area (Å²) in [6, 6.07) is 0. The van der Waals surface area contributed by atoms with E-state index in [0.717, 1.165) is 52.5 Å². The molecule has 0 spiro atoms. The highest BCUT2D eigenvalue weighted by atomic mass is 31.1. The van der Waals surface area contributed by atoms with Crippen molar-refractivity contribution in [3.63, 3.8) is 0 Å². The first-order valence-electron chi connectivity index (χ1n) is 18.9. The average molecular weight is 617 g/mol. The summed E-state index contributed by atoms with van der Waals surface area (Å²) in [5.41, 5.74) is 5.30. The molecule has 3 rings (SSSR count). The van der Waals surface area contributed by atoms with Crippen LogP contribution in [0.2, 0.25) is 0 Å². The molecule has 1 heteroatoms. The van der Waals surface area contributed by atoms with Gasteiger partial charge in [-0.25, -0.2) is 0 Å². The van der Waals surface area contributed by atoms with Gasteiger partial charge in [-0.05, 0) is 143 Å². The molecular weight excluding hydrogens is 535 g/mol. The molecule has 0 bridgehead atoms. The van der Waals surface area contributed by atoms with Crippen LogP contribution in [-0.2, 0) is 0 Å². The maximum Gasteiger partial charge on any atom is -0.0199 e. The number of rotatable bonds is 3. The smallest absolute Gasteiger partial charge is 0.0199 e. The van der Waals surface area contributed by atoms with Gasteiger partial charge in [-0.1, -0.05) is 133 Å². The monoisotopic (exact) mass is 617 g/mol. The van der Waals surface area contributed by atoms with Crippen LogP contribution in [0.25, 0.3) is 0 Å². The summed E-state index contributed by atoms with van der Waals surface area (Å²) in [7, 11) is -0.0578. The second-order valence-electron chi connectivity index (χ2n) is 22.9. The Morgan fingerprint density at radius 1 is 0.256 bits per heavy atom. The molecule has 6 atom stereocenters. The molecule has 0 N–H and O–H groups in total. The molecule has 3 aliphatic carbocycles. The Hall–Kier alpha value is 0.430. The van der Waals surface area contributed by atoms with E-state index in [4.69, 9.17) is 0 Å². The highest BCUT2D eigenvalue weighted by Crippen LogP contribution is 2.68. The highest BCUT2D eigenvalue weighted by Gasteiger charge is 2.51. The van der Waals surface area contributed by atoms with Crippen molar-refractivity contribution in [2.24, 2.45) is 68.0 Å². The topological polar surface area (TPSA) is 0 Å². The second-order valence-corrected chi connectivity index (χ2v) is 26.0.